The van der Waals surface area contributed by atoms with Crippen LogP contribution in [0.4, 0.5) is 14.9 Å². The summed E-state index contributed by atoms with van der Waals surface area (Å²) in [5, 5.41) is 0. The number of nitrogens with one attached hydrogen (secondary N) is 1. The van der Waals surface area contributed by atoms with Gasteiger partial charge in [0.2, 0.25) is 10.0 Å². The third-order valence-electron chi connectivity index (χ3n) is 4.02. The predicted octanol–water partition coefficient (Wildman–Crippen LogP) is 2.58. The first-order valence-corrected chi connectivity index (χ1v) is 9.74. The quantitative estimate of drug-likeness (QED) is 0.838. The van der Waals surface area contributed by atoms with E-state index in [1.165, 1.54) is 29.2 Å². The largest absolute Gasteiger partial charge is 0.443 e. The average molecular weight is 378 g/mol. The number of hydrogen-bond acceptors (Lipinski definition) is 4. The molecule has 2 aromatic rings. The zero-order chi connectivity index (χ0) is 18.7. The van der Waals surface area contributed by atoms with Crippen LogP contribution in [0, 0.1) is 12.7 Å². The Labute approximate surface area is 151 Å². The summed E-state index contributed by atoms with van der Waals surface area (Å²) in [6.45, 7) is 2.10. The van der Waals surface area contributed by atoms with Crippen molar-refractivity contribution in [3.05, 3.63) is 65.5 Å². The van der Waals surface area contributed by atoms with Gasteiger partial charge in [-0.05, 0) is 36.8 Å². The van der Waals surface area contributed by atoms with Gasteiger partial charge in [-0.1, -0.05) is 29.8 Å². The van der Waals surface area contributed by atoms with Crippen molar-refractivity contribution in [2.75, 3.05) is 18.0 Å². The van der Waals surface area contributed by atoms with Crippen LogP contribution in [0.25, 0.3) is 0 Å². The third kappa shape index (κ3) is 4.59. The number of carbonyl (C=O) groups is 1. The summed E-state index contributed by atoms with van der Waals surface area (Å²) in [4.78, 5) is 13.3. The van der Waals surface area contributed by atoms with Gasteiger partial charge in [0.1, 0.15) is 11.9 Å². The molecule has 0 radical (unpaired) electrons. The van der Waals surface area contributed by atoms with E-state index < -0.39 is 28.0 Å². The van der Waals surface area contributed by atoms with E-state index in [4.69, 9.17) is 4.74 Å². The Hall–Kier alpha value is -2.45. The van der Waals surface area contributed by atoms with E-state index in [1.54, 1.807) is 12.1 Å². The minimum Gasteiger partial charge on any atom is -0.443 e. The highest BCUT2D eigenvalue weighted by Gasteiger charge is 2.33. The molecule has 1 aliphatic heterocycles. The van der Waals surface area contributed by atoms with Crippen molar-refractivity contribution < 1.29 is 22.3 Å². The molecule has 0 aromatic heterocycles. The standard InChI is InChI=1S/C18H19FN2O4S/c1-13-2-4-14(5-3-13)12-26(23,24)20-10-17-11-21(18(22)25-17)16-8-6-15(19)7-9-16/h2-9,17,20H,10-12H2,1H3. The minimum atomic E-state index is -3.55. The molecule has 1 atom stereocenters. The Kier molecular flexibility index (Phi) is 5.24. The van der Waals surface area contributed by atoms with Gasteiger partial charge in [0.25, 0.3) is 0 Å². The number of amides is 1. The van der Waals surface area contributed by atoms with Gasteiger partial charge in [-0.3, -0.25) is 4.90 Å². The maximum atomic E-state index is 13.0. The van der Waals surface area contributed by atoms with Crippen LogP contribution in [0.5, 0.6) is 0 Å². The van der Waals surface area contributed by atoms with Gasteiger partial charge in [-0.25, -0.2) is 22.3 Å². The molecule has 6 nitrogen and oxygen atoms in total. The van der Waals surface area contributed by atoms with E-state index in [1.807, 2.05) is 19.1 Å². The highest BCUT2D eigenvalue weighted by molar-refractivity contribution is 7.88. The summed E-state index contributed by atoms with van der Waals surface area (Å²) in [7, 11) is -3.55. The molecule has 1 N–H and O–H groups in total. The highest BCUT2D eigenvalue weighted by atomic mass is 32.2. The first-order chi connectivity index (χ1) is 12.3. The number of carbonyl (C=O) groups excluding carboxylic acids is 1. The zero-order valence-corrected chi connectivity index (χ0v) is 15.0. The monoisotopic (exact) mass is 378 g/mol. The second-order valence-electron chi connectivity index (χ2n) is 6.19. The number of anilines is 1. The number of rotatable bonds is 6. The molecule has 1 amide bonds. The maximum Gasteiger partial charge on any atom is 0.414 e. The predicted molar refractivity (Wildman–Crippen MR) is 95.8 cm³/mol. The van der Waals surface area contributed by atoms with Gasteiger partial charge in [-0.15, -0.1) is 0 Å². The third-order valence-corrected chi connectivity index (χ3v) is 5.34. The summed E-state index contributed by atoms with van der Waals surface area (Å²) < 4.78 is 45.1. The van der Waals surface area contributed by atoms with Gasteiger partial charge in [-0.2, -0.15) is 0 Å². The second-order valence-corrected chi connectivity index (χ2v) is 7.99. The Balaban J connectivity index is 1.57. The molecule has 138 valence electrons. The van der Waals surface area contributed by atoms with Crippen LogP contribution in [0.2, 0.25) is 0 Å². The molecule has 1 aliphatic rings. The van der Waals surface area contributed by atoms with Crippen LogP contribution < -0.4 is 9.62 Å². The van der Waals surface area contributed by atoms with Crippen LogP contribution in [0.3, 0.4) is 0 Å². The zero-order valence-electron chi connectivity index (χ0n) is 14.2. The molecule has 8 heteroatoms. The lowest BCUT2D eigenvalue weighted by Gasteiger charge is -2.13. The number of ether oxygens (including phenoxy) is 1. The molecule has 0 bridgehead atoms. The molecular formula is C18H19FN2O4S. The van der Waals surface area contributed by atoms with Gasteiger partial charge in [0.15, 0.2) is 0 Å². The maximum absolute atomic E-state index is 13.0. The van der Waals surface area contributed by atoms with E-state index in [-0.39, 0.29) is 18.8 Å². The van der Waals surface area contributed by atoms with Gasteiger partial charge in [0.05, 0.1) is 12.3 Å². The molecule has 2 aromatic carbocycles. The summed E-state index contributed by atoms with van der Waals surface area (Å²) in [5.74, 6) is -0.544. The fraction of sp³-hybridized carbons (Fsp3) is 0.278. The lowest BCUT2D eigenvalue weighted by Crippen LogP contribution is -2.35. The number of nitrogens with zero attached hydrogens (tertiary/aromatic N) is 1. The number of benzene rings is 2. The second kappa shape index (κ2) is 7.43. The van der Waals surface area contributed by atoms with E-state index >= 15 is 0 Å². The molecule has 1 heterocycles. The summed E-state index contributed by atoms with van der Waals surface area (Å²) in [6.07, 6.45) is -1.19. The van der Waals surface area contributed by atoms with Crippen molar-refractivity contribution in [1.82, 2.24) is 4.72 Å². The molecular weight excluding hydrogens is 359 g/mol. The molecule has 0 spiro atoms. The smallest absolute Gasteiger partial charge is 0.414 e. The van der Waals surface area contributed by atoms with Gasteiger partial charge >= 0.3 is 6.09 Å². The number of cyclic esters (lactones) is 1. The molecule has 1 fully saturated rings. The van der Waals surface area contributed by atoms with Crippen molar-refractivity contribution in [2.24, 2.45) is 0 Å². The van der Waals surface area contributed by atoms with Crippen molar-refractivity contribution in [3.8, 4) is 0 Å². The minimum absolute atomic E-state index is 0.0162. The van der Waals surface area contributed by atoms with Crippen LogP contribution in [-0.4, -0.2) is 33.7 Å². The van der Waals surface area contributed by atoms with Crippen molar-refractivity contribution in [2.45, 2.75) is 18.8 Å². The number of sulfonamides is 1. The topological polar surface area (TPSA) is 75.7 Å². The Morgan fingerprint density at radius 3 is 2.46 bits per heavy atom. The number of hydrogen-bond donors (Lipinski definition) is 1. The first-order valence-electron chi connectivity index (χ1n) is 8.09. The van der Waals surface area contributed by atoms with Crippen molar-refractivity contribution in [3.63, 3.8) is 0 Å². The van der Waals surface area contributed by atoms with Crippen molar-refractivity contribution in [1.29, 1.82) is 0 Å². The Bertz CT molecular complexity index is 882. The molecule has 26 heavy (non-hydrogen) atoms. The highest BCUT2D eigenvalue weighted by Crippen LogP contribution is 2.21. The molecule has 0 saturated carbocycles. The SMILES string of the molecule is Cc1ccc(CS(=O)(=O)NCC2CN(c3ccc(F)cc3)C(=O)O2)cc1. The lowest BCUT2D eigenvalue weighted by molar-refractivity contribution is 0.143. The lowest BCUT2D eigenvalue weighted by atomic mass is 10.2. The first kappa shape index (κ1) is 18.3. The Morgan fingerprint density at radius 1 is 1.15 bits per heavy atom. The van der Waals surface area contributed by atoms with Gasteiger partial charge < -0.3 is 4.74 Å². The fourth-order valence-electron chi connectivity index (χ4n) is 2.63. The van der Waals surface area contributed by atoms with E-state index in [0.717, 1.165) is 5.56 Å². The Morgan fingerprint density at radius 2 is 1.81 bits per heavy atom. The van der Waals surface area contributed by atoms with Crippen molar-refractivity contribution >= 4 is 21.8 Å². The summed E-state index contributed by atoms with van der Waals surface area (Å²) in [5.41, 5.74) is 2.23. The normalized spacial score (nSPS) is 17.4. The molecule has 1 saturated heterocycles. The van der Waals surface area contributed by atoms with Crippen LogP contribution in [-0.2, 0) is 20.5 Å². The molecule has 0 aliphatic carbocycles. The van der Waals surface area contributed by atoms with Crippen LogP contribution >= 0.6 is 0 Å². The molecule has 1 unspecified atom stereocenters. The van der Waals surface area contributed by atoms with Gasteiger partial charge in [0, 0.05) is 12.2 Å². The summed E-state index contributed by atoms with van der Waals surface area (Å²) in [6, 6.07) is 12.7. The van der Waals surface area contributed by atoms with Crippen LogP contribution in [0.1, 0.15) is 11.1 Å². The molecule has 3 rings (SSSR count). The van der Waals surface area contributed by atoms with Crippen LogP contribution in [0.15, 0.2) is 48.5 Å². The van der Waals surface area contributed by atoms with E-state index in [9.17, 15) is 17.6 Å². The average Bonchev–Trinajstić information content (AvgIpc) is 2.97. The number of aryl methyl sites for hydroxylation is 1. The summed E-state index contributed by atoms with van der Waals surface area (Å²) >= 11 is 0. The fourth-order valence-corrected chi connectivity index (χ4v) is 3.81. The van der Waals surface area contributed by atoms with E-state index in [2.05, 4.69) is 4.72 Å². The van der Waals surface area contributed by atoms with E-state index in [0.29, 0.717) is 11.3 Å². The number of halogens is 1.